The summed E-state index contributed by atoms with van der Waals surface area (Å²) < 4.78 is 0. The summed E-state index contributed by atoms with van der Waals surface area (Å²) in [5.74, 6) is 1.78. The molecule has 0 spiro atoms. The minimum atomic E-state index is -0.0215. The fourth-order valence-corrected chi connectivity index (χ4v) is 3.51. The number of hydrogen-bond donors (Lipinski definition) is 1. The van der Waals surface area contributed by atoms with Crippen LogP contribution < -0.4 is 5.32 Å². The highest BCUT2D eigenvalue weighted by molar-refractivity contribution is 7.98. The summed E-state index contributed by atoms with van der Waals surface area (Å²) in [6.45, 7) is 5.15. The molecule has 1 aromatic rings. The number of carbonyl (C=O) groups is 1. The van der Waals surface area contributed by atoms with E-state index in [0.29, 0.717) is 5.92 Å². The molecule has 2 atom stereocenters. The van der Waals surface area contributed by atoms with Crippen LogP contribution in [-0.4, -0.2) is 35.4 Å². The Morgan fingerprint density at radius 1 is 1.53 bits per heavy atom. The van der Waals surface area contributed by atoms with Crippen molar-refractivity contribution in [1.82, 2.24) is 10.2 Å². The van der Waals surface area contributed by atoms with E-state index in [1.54, 1.807) is 23.1 Å². The zero-order chi connectivity index (χ0) is 13.8. The predicted molar refractivity (Wildman–Crippen MR) is 83.5 cm³/mol. The standard InChI is InChI=1S/C14H22N2OS2/c1-10(2)8-12-14(17)16(5-7-18-3)13(15-12)11-4-6-19-9-11/h4,6,9-10,12-13,15H,5,7-8H2,1-3H3. The smallest absolute Gasteiger partial charge is 0.241 e. The molecule has 1 aliphatic rings. The highest BCUT2D eigenvalue weighted by atomic mass is 32.2. The highest BCUT2D eigenvalue weighted by Crippen LogP contribution is 2.29. The maximum absolute atomic E-state index is 12.5. The van der Waals surface area contributed by atoms with Gasteiger partial charge in [0.25, 0.3) is 0 Å². The van der Waals surface area contributed by atoms with Crippen molar-refractivity contribution in [2.75, 3.05) is 18.6 Å². The molecule has 19 heavy (non-hydrogen) atoms. The molecule has 1 aromatic heterocycles. The van der Waals surface area contributed by atoms with Gasteiger partial charge in [-0.05, 0) is 41.0 Å². The van der Waals surface area contributed by atoms with Gasteiger partial charge < -0.3 is 4.90 Å². The predicted octanol–water partition coefficient (Wildman–Crippen LogP) is 2.96. The summed E-state index contributed by atoms with van der Waals surface area (Å²) >= 11 is 3.47. The topological polar surface area (TPSA) is 32.3 Å². The Bertz CT molecular complexity index is 406. The molecule has 1 fully saturated rings. The Labute approximate surface area is 123 Å². The van der Waals surface area contributed by atoms with Gasteiger partial charge in [-0.1, -0.05) is 13.8 Å². The van der Waals surface area contributed by atoms with E-state index in [1.165, 1.54) is 5.56 Å². The molecule has 0 saturated carbocycles. The van der Waals surface area contributed by atoms with Crippen molar-refractivity contribution in [3.05, 3.63) is 22.4 Å². The Morgan fingerprint density at radius 3 is 2.89 bits per heavy atom. The SMILES string of the molecule is CSCCN1C(=O)C(CC(C)C)NC1c1ccsc1. The lowest BCUT2D eigenvalue weighted by Crippen LogP contribution is -2.33. The van der Waals surface area contributed by atoms with Crippen LogP contribution >= 0.6 is 23.1 Å². The molecule has 106 valence electrons. The molecule has 0 bridgehead atoms. The number of rotatable bonds is 6. The van der Waals surface area contributed by atoms with Crippen LogP contribution in [0.2, 0.25) is 0 Å². The van der Waals surface area contributed by atoms with Crippen molar-refractivity contribution in [3.63, 3.8) is 0 Å². The van der Waals surface area contributed by atoms with Crippen LogP contribution in [0.15, 0.2) is 16.8 Å². The van der Waals surface area contributed by atoms with Gasteiger partial charge in [-0.3, -0.25) is 10.1 Å². The Hall–Kier alpha value is -0.520. The molecule has 3 nitrogen and oxygen atoms in total. The van der Waals surface area contributed by atoms with Crippen LogP contribution in [0, 0.1) is 5.92 Å². The van der Waals surface area contributed by atoms with Gasteiger partial charge in [-0.25, -0.2) is 0 Å². The van der Waals surface area contributed by atoms with E-state index in [9.17, 15) is 4.79 Å². The van der Waals surface area contributed by atoms with Crippen LogP contribution in [0.1, 0.15) is 32.0 Å². The molecule has 2 unspecified atom stereocenters. The number of nitrogens with zero attached hydrogens (tertiary/aromatic N) is 1. The molecule has 5 heteroatoms. The first-order chi connectivity index (χ1) is 9.13. The minimum absolute atomic E-state index is 0.0215. The molecule has 1 N–H and O–H groups in total. The third-order valence-corrected chi connectivity index (χ3v) is 4.65. The first-order valence-electron chi connectivity index (χ1n) is 6.71. The molecule has 1 saturated heterocycles. The zero-order valence-electron chi connectivity index (χ0n) is 11.8. The lowest BCUT2D eigenvalue weighted by molar-refractivity contribution is -0.130. The number of amides is 1. The normalized spacial score (nSPS) is 23.6. The fraction of sp³-hybridized carbons (Fsp3) is 0.643. The van der Waals surface area contributed by atoms with Crippen molar-refractivity contribution >= 4 is 29.0 Å². The number of thiophene rings is 1. The second-order valence-electron chi connectivity index (χ2n) is 5.33. The van der Waals surface area contributed by atoms with E-state index in [0.717, 1.165) is 18.7 Å². The van der Waals surface area contributed by atoms with Crippen molar-refractivity contribution in [2.24, 2.45) is 5.92 Å². The van der Waals surface area contributed by atoms with Gasteiger partial charge in [-0.15, -0.1) is 0 Å². The van der Waals surface area contributed by atoms with E-state index in [-0.39, 0.29) is 18.1 Å². The maximum atomic E-state index is 12.5. The first kappa shape index (κ1) is 14.9. The summed E-state index contributed by atoms with van der Waals surface area (Å²) in [4.78, 5) is 14.5. The summed E-state index contributed by atoms with van der Waals surface area (Å²) in [6.07, 6.45) is 3.06. The molecule has 1 amide bonds. The zero-order valence-corrected chi connectivity index (χ0v) is 13.4. The van der Waals surface area contributed by atoms with Crippen LogP contribution in [-0.2, 0) is 4.79 Å². The second-order valence-corrected chi connectivity index (χ2v) is 7.10. The number of carbonyl (C=O) groups excluding carboxylic acids is 1. The Kier molecular flexibility index (Phi) is 5.30. The lowest BCUT2D eigenvalue weighted by Gasteiger charge is -2.23. The first-order valence-corrected chi connectivity index (χ1v) is 9.04. The van der Waals surface area contributed by atoms with Crippen molar-refractivity contribution in [3.8, 4) is 0 Å². The van der Waals surface area contributed by atoms with Gasteiger partial charge in [0.1, 0.15) is 6.17 Å². The number of nitrogens with one attached hydrogen (secondary N) is 1. The monoisotopic (exact) mass is 298 g/mol. The molecule has 0 radical (unpaired) electrons. The van der Waals surface area contributed by atoms with Gasteiger partial charge >= 0.3 is 0 Å². The van der Waals surface area contributed by atoms with Crippen molar-refractivity contribution < 1.29 is 4.79 Å². The summed E-state index contributed by atoms with van der Waals surface area (Å²) in [5.41, 5.74) is 1.21. The molecule has 2 rings (SSSR count). The molecule has 0 aromatic carbocycles. The average molecular weight is 298 g/mol. The minimum Gasteiger partial charge on any atom is -0.321 e. The van der Waals surface area contributed by atoms with E-state index < -0.39 is 0 Å². The van der Waals surface area contributed by atoms with Gasteiger partial charge in [-0.2, -0.15) is 23.1 Å². The summed E-state index contributed by atoms with van der Waals surface area (Å²) in [7, 11) is 0. The Morgan fingerprint density at radius 2 is 2.32 bits per heavy atom. The van der Waals surface area contributed by atoms with Gasteiger partial charge in [0.15, 0.2) is 0 Å². The fourth-order valence-electron chi connectivity index (χ4n) is 2.46. The quantitative estimate of drug-likeness (QED) is 0.876. The van der Waals surface area contributed by atoms with E-state index in [1.807, 2.05) is 4.90 Å². The van der Waals surface area contributed by atoms with E-state index in [4.69, 9.17) is 0 Å². The van der Waals surface area contributed by atoms with Crippen LogP contribution in [0.5, 0.6) is 0 Å². The molecule has 0 aliphatic carbocycles. The van der Waals surface area contributed by atoms with E-state index >= 15 is 0 Å². The van der Waals surface area contributed by atoms with Crippen molar-refractivity contribution in [2.45, 2.75) is 32.5 Å². The van der Waals surface area contributed by atoms with Gasteiger partial charge in [0, 0.05) is 12.3 Å². The lowest BCUT2D eigenvalue weighted by atomic mass is 10.0. The second kappa shape index (κ2) is 6.77. The van der Waals surface area contributed by atoms with Crippen LogP contribution in [0.3, 0.4) is 0 Å². The van der Waals surface area contributed by atoms with Crippen molar-refractivity contribution in [1.29, 1.82) is 0 Å². The highest BCUT2D eigenvalue weighted by Gasteiger charge is 2.39. The van der Waals surface area contributed by atoms with Crippen LogP contribution in [0.4, 0.5) is 0 Å². The molecule has 2 heterocycles. The average Bonchev–Trinajstić information content (AvgIpc) is 2.97. The largest absolute Gasteiger partial charge is 0.321 e. The van der Waals surface area contributed by atoms with Crippen LogP contribution in [0.25, 0.3) is 0 Å². The molecular formula is C14H22N2OS2. The maximum Gasteiger partial charge on any atom is 0.241 e. The number of hydrogen-bond acceptors (Lipinski definition) is 4. The third kappa shape index (κ3) is 3.52. The van der Waals surface area contributed by atoms with Gasteiger partial charge in [0.2, 0.25) is 5.91 Å². The van der Waals surface area contributed by atoms with E-state index in [2.05, 4.69) is 42.2 Å². The third-order valence-electron chi connectivity index (χ3n) is 3.35. The summed E-state index contributed by atoms with van der Waals surface area (Å²) in [6, 6.07) is 2.09. The number of thioether (sulfide) groups is 1. The Balaban J connectivity index is 2.13. The summed E-state index contributed by atoms with van der Waals surface area (Å²) in [5, 5.41) is 7.71. The molecular weight excluding hydrogens is 276 g/mol. The van der Waals surface area contributed by atoms with Gasteiger partial charge in [0.05, 0.1) is 6.04 Å². The molecule has 1 aliphatic heterocycles.